The van der Waals surface area contributed by atoms with Crippen molar-refractivity contribution in [3.05, 3.63) is 59.4 Å². The molecule has 0 radical (unpaired) electrons. The second kappa shape index (κ2) is 7.74. The van der Waals surface area contributed by atoms with Crippen LogP contribution >= 0.6 is 0 Å². The molecule has 0 bridgehead atoms. The fourth-order valence-electron chi connectivity index (χ4n) is 2.13. The molecule has 0 saturated heterocycles. The van der Waals surface area contributed by atoms with Crippen LogP contribution < -0.4 is 10.1 Å². The molecule has 122 valence electrons. The monoisotopic (exact) mass is 314 g/mol. The Labute approximate surface area is 136 Å². The standard InChI is InChI=1S/C18H22N2O3/c1-12(2)23-15-8-5-7-14(10-15)17(21)11-19-18(22)16-9-4-6-13(3)20-16/h4-10,12,17,21H,11H2,1-3H3,(H,19,22). The van der Waals surface area contributed by atoms with Crippen LogP contribution in [0.1, 0.15) is 41.7 Å². The lowest BCUT2D eigenvalue weighted by atomic mass is 10.1. The molecule has 2 rings (SSSR count). The number of aliphatic hydroxyl groups is 1. The number of nitrogens with one attached hydrogen (secondary N) is 1. The molecule has 0 spiro atoms. The van der Waals surface area contributed by atoms with Gasteiger partial charge in [-0.05, 0) is 50.6 Å². The summed E-state index contributed by atoms with van der Waals surface area (Å²) in [6.45, 7) is 5.82. The fraction of sp³-hybridized carbons (Fsp3) is 0.333. The Morgan fingerprint density at radius 1 is 1.26 bits per heavy atom. The molecule has 0 fully saturated rings. The molecule has 1 heterocycles. The van der Waals surface area contributed by atoms with Gasteiger partial charge in [0.05, 0.1) is 12.2 Å². The number of ether oxygens (including phenoxy) is 1. The minimum atomic E-state index is -0.806. The van der Waals surface area contributed by atoms with E-state index in [4.69, 9.17) is 4.74 Å². The van der Waals surface area contributed by atoms with E-state index in [-0.39, 0.29) is 18.6 Å². The van der Waals surface area contributed by atoms with Gasteiger partial charge in [0, 0.05) is 12.2 Å². The molecule has 2 N–H and O–H groups in total. The molecule has 1 aromatic carbocycles. The van der Waals surface area contributed by atoms with Crippen molar-refractivity contribution in [1.29, 1.82) is 0 Å². The number of aromatic nitrogens is 1. The lowest BCUT2D eigenvalue weighted by Crippen LogP contribution is -2.29. The van der Waals surface area contributed by atoms with Gasteiger partial charge in [-0.2, -0.15) is 0 Å². The summed E-state index contributed by atoms with van der Waals surface area (Å²) in [5, 5.41) is 12.9. The molecule has 23 heavy (non-hydrogen) atoms. The molecular formula is C18H22N2O3. The van der Waals surface area contributed by atoms with Crippen molar-refractivity contribution < 1.29 is 14.6 Å². The first kappa shape index (κ1) is 17.0. The van der Waals surface area contributed by atoms with E-state index in [9.17, 15) is 9.90 Å². The summed E-state index contributed by atoms with van der Waals surface area (Å²) in [4.78, 5) is 16.2. The number of hydrogen-bond acceptors (Lipinski definition) is 4. The van der Waals surface area contributed by atoms with Gasteiger partial charge in [0.25, 0.3) is 5.91 Å². The Kier molecular flexibility index (Phi) is 5.71. The molecule has 0 aliphatic heterocycles. The number of aliphatic hydroxyl groups excluding tert-OH is 1. The van der Waals surface area contributed by atoms with Crippen molar-refractivity contribution in [1.82, 2.24) is 10.3 Å². The van der Waals surface area contributed by atoms with E-state index in [0.717, 1.165) is 5.69 Å². The van der Waals surface area contributed by atoms with Crippen LogP contribution in [0, 0.1) is 6.92 Å². The third-order valence-electron chi connectivity index (χ3n) is 3.19. The largest absolute Gasteiger partial charge is 0.491 e. The summed E-state index contributed by atoms with van der Waals surface area (Å²) in [6.07, 6.45) is -0.742. The van der Waals surface area contributed by atoms with Gasteiger partial charge in [-0.25, -0.2) is 4.98 Å². The van der Waals surface area contributed by atoms with Gasteiger partial charge in [0.2, 0.25) is 0 Å². The molecule has 1 aromatic heterocycles. The topological polar surface area (TPSA) is 71.5 Å². The number of hydrogen-bond donors (Lipinski definition) is 2. The average molecular weight is 314 g/mol. The van der Waals surface area contributed by atoms with E-state index in [1.54, 1.807) is 24.3 Å². The number of rotatable bonds is 6. The quantitative estimate of drug-likeness (QED) is 0.860. The Bertz CT molecular complexity index is 671. The molecular weight excluding hydrogens is 292 g/mol. The summed E-state index contributed by atoms with van der Waals surface area (Å²) >= 11 is 0. The first-order chi connectivity index (χ1) is 11.0. The van der Waals surface area contributed by atoms with E-state index in [0.29, 0.717) is 17.0 Å². The Morgan fingerprint density at radius 2 is 2.00 bits per heavy atom. The van der Waals surface area contributed by atoms with Gasteiger partial charge in [-0.1, -0.05) is 18.2 Å². The van der Waals surface area contributed by atoms with E-state index in [2.05, 4.69) is 10.3 Å². The number of amides is 1. The Balaban J connectivity index is 1.96. The highest BCUT2D eigenvalue weighted by atomic mass is 16.5. The number of benzene rings is 1. The number of nitrogens with zero attached hydrogens (tertiary/aromatic N) is 1. The van der Waals surface area contributed by atoms with Gasteiger partial charge in [0.1, 0.15) is 11.4 Å². The molecule has 2 aromatic rings. The van der Waals surface area contributed by atoms with E-state index < -0.39 is 6.10 Å². The second-order valence-corrected chi connectivity index (χ2v) is 5.63. The zero-order valence-corrected chi connectivity index (χ0v) is 13.6. The van der Waals surface area contributed by atoms with Crippen molar-refractivity contribution in [3.63, 3.8) is 0 Å². The first-order valence-corrected chi connectivity index (χ1v) is 7.62. The summed E-state index contributed by atoms with van der Waals surface area (Å²) < 4.78 is 5.60. The van der Waals surface area contributed by atoms with Gasteiger partial charge >= 0.3 is 0 Å². The molecule has 1 atom stereocenters. The van der Waals surface area contributed by atoms with Crippen LogP contribution in [0.3, 0.4) is 0 Å². The summed E-state index contributed by atoms with van der Waals surface area (Å²) in [6, 6.07) is 12.5. The summed E-state index contributed by atoms with van der Waals surface area (Å²) in [5.41, 5.74) is 1.81. The van der Waals surface area contributed by atoms with Gasteiger partial charge in [0.15, 0.2) is 0 Å². The summed E-state index contributed by atoms with van der Waals surface area (Å²) in [7, 11) is 0. The lowest BCUT2D eigenvalue weighted by molar-refractivity contribution is 0.0911. The van der Waals surface area contributed by atoms with Crippen molar-refractivity contribution in [2.24, 2.45) is 0 Å². The van der Waals surface area contributed by atoms with Crippen LogP contribution in [0.2, 0.25) is 0 Å². The van der Waals surface area contributed by atoms with Gasteiger partial charge < -0.3 is 15.2 Å². The van der Waals surface area contributed by atoms with E-state index in [1.807, 2.05) is 39.0 Å². The third kappa shape index (κ3) is 5.07. The number of carbonyl (C=O) groups is 1. The molecule has 0 aliphatic carbocycles. The van der Waals surface area contributed by atoms with Crippen molar-refractivity contribution in [2.45, 2.75) is 33.0 Å². The van der Waals surface area contributed by atoms with Crippen molar-refractivity contribution in [2.75, 3.05) is 6.54 Å². The lowest BCUT2D eigenvalue weighted by Gasteiger charge is -2.15. The molecule has 5 heteroatoms. The summed E-state index contributed by atoms with van der Waals surface area (Å²) in [5.74, 6) is 0.394. The van der Waals surface area contributed by atoms with E-state index >= 15 is 0 Å². The minimum absolute atomic E-state index is 0.0643. The molecule has 0 aliphatic rings. The van der Waals surface area contributed by atoms with Crippen LogP contribution in [-0.4, -0.2) is 28.6 Å². The minimum Gasteiger partial charge on any atom is -0.491 e. The number of pyridine rings is 1. The molecule has 0 saturated carbocycles. The highest BCUT2D eigenvalue weighted by molar-refractivity contribution is 5.92. The SMILES string of the molecule is Cc1cccc(C(=O)NCC(O)c2cccc(OC(C)C)c2)n1. The highest BCUT2D eigenvalue weighted by Gasteiger charge is 2.12. The van der Waals surface area contributed by atoms with Gasteiger partial charge in [-0.15, -0.1) is 0 Å². The Hall–Kier alpha value is -2.40. The van der Waals surface area contributed by atoms with Crippen molar-refractivity contribution in [3.8, 4) is 5.75 Å². The number of carbonyl (C=O) groups excluding carboxylic acids is 1. The van der Waals surface area contributed by atoms with Crippen LogP contribution in [0.25, 0.3) is 0 Å². The van der Waals surface area contributed by atoms with Crippen LogP contribution in [0.4, 0.5) is 0 Å². The molecule has 1 amide bonds. The van der Waals surface area contributed by atoms with E-state index in [1.165, 1.54) is 0 Å². The number of aryl methyl sites for hydroxylation is 1. The van der Waals surface area contributed by atoms with Crippen molar-refractivity contribution >= 4 is 5.91 Å². The zero-order valence-electron chi connectivity index (χ0n) is 13.6. The second-order valence-electron chi connectivity index (χ2n) is 5.63. The third-order valence-corrected chi connectivity index (χ3v) is 3.19. The maximum Gasteiger partial charge on any atom is 0.269 e. The van der Waals surface area contributed by atoms with Gasteiger partial charge in [-0.3, -0.25) is 4.79 Å². The highest BCUT2D eigenvalue weighted by Crippen LogP contribution is 2.20. The van der Waals surface area contributed by atoms with Crippen LogP contribution in [0.5, 0.6) is 5.75 Å². The average Bonchev–Trinajstić information content (AvgIpc) is 2.52. The normalized spacial score (nSPS) is 12.0. The fourth-order valence-corrected chi connectivity index (χ4v) is 2.13. The van der Waals surface area contributed by atoms with Crippen LogP contribution in [0.15, 0.2) is 42.5 Å². The zero-order chi connectivity index (χ0) is 16.8. The van der Waals surface area contributed by atoms with Crippen LogP contribution in [-0.2, 0) is 0 Å². The molecule has 5 nitrogen and oxygen atoms in total. The molecule has 1 unspecified atom stereocenters. The Morgan fingerprint density at radius 3 is 2.70 bits per heavy atom. The predicted molar refractivity (Wildman–Crippen MR) is 88.5 cm³/mol. The predicted octanol–water partition coefficient (Wildman–Crippen LogP) is 2.64. The maximum atomic E-state index is 12.0. The first-order valence-electron chi connectivity index (χ1n) is 7.62. The maximum absolute atomic E-state index is 12.0. The smallest absolute Gasteiger partial charge is 0.269 e.